The molecule has 0 saturated carbocycles. The van der Waals surface area contributed by atoms with Gasteiger partial charge in [0.2, 0.25) is 0 Å². The Kier molecular flexibility index (Phi) is 6.04. The van der Waals surface area contributed by atoms with Gasteiger partial charge in [-0.1, -0.05) is 48.5 Å². The van der Waals surface area contributed by atoms with Crippen molar-refractivity contribution in [2.24, 2.45) is 0 Å². The van der Waals surface area contributed by atoms with Crippen molar-refractivity contribution in [3.8, 4) is 5.75 Å². The van der Waals surface area contributed by atoms with Gasteiger partial charge in [-0.15, -0.1) is 0 Å². The number of hydrogen-bond donors (Lipinski definition) is 0. The van der Waals surface area contributed by atoms with Gasteiger partial charge in [-0.3, -0.25) is 19.3 Å². The fourth-order valence-corrected chi connectivity index (χ4v) is 4.02. The van der Waals surface area contributed by atoms with Crippen LogP contribution in [0.2, 0.25) is 0 Å². The van der Waals surface area contributed by atoms with Gasteiger partial charge in [-0.2, -0.15) is 0 Å². The minimum atomic E-state index is -0.675. The molecule has 0 unspecified atom stereocenters. The molecule has 0 spiro atoms. The molecule has 8 heteroatoms. The van der Waals surface area contributed by atoms with Crippen molar-refractivity contribution in [2.75, 3.05) is 13.7 Å². The molecule has 1 aliphatic rings. The maximum absolute atomic E-state index is 12.7. The number of benzene rings is 3. The minimum Gasteiger partial charge on any atom is -0.468 e. The number of nitrogens with zero attached hydrogens (tertiary/aromatic N) is 1. The standard InChI is InChI=1S/C24H17NO6S/c1-30-21(26)14-25-22(27)20(32-24(25)29)13-15-9-11-17(12-10-15)31-23(28)19-8-4-6-16-5-2-3-7-18(16)19/h2-13H,14H2,1H3/b20-13-. The fourth-order valence-electron chi connectivity index (χ4n) is 3.18. The summed E-state index contributed by atoms with van der Waals surface area (Å²) in [6, 6.07) is 19.5. The van der Waals surface area contributed by atoms with Gasteiger partial charge in [0, 0.05) is 0 Å². The van der Waals surface area contributed by atoms with Gasteiger partial charge in [0.25, 0.3) is 11.1 Å². The summed E-state index contributed by atoms with van der Waals surface area (Å²) in [5.41, 5.74) is 1.10. The van der Waals surface area contributed by atoms with Crippen LogP contribution in [0, 0.1) is 0 Å². The zero-order valence-corrected chi connectivity index (χ0v) is 17.8. The molecule has 1 heterocycles. The molecule has 1 fully saturated rings. The van der Waals surface area contributed by atoms with E-state index in [0.29, 0.717) is 16.9 Å². The second-order valence-electron chi connectivity index (χ2n) is 6.83. The highest BCUT2D eigenvalue weighted by Crippen LogP contribution is 2.32. The maximum Gasteiger partial charge on any atom is 0.344 e. The smallest absolute Gasteiger partial charge is 0.344 e. The number of thioether (sulfide) groups is 1. The van der Waals surface area contributed by atoms with E-state index in [2.05, 4.69) is 4.74 Å². The van der Waals surface area contributed by atoms with E-state index in [1.54, 1.807) is 42.5 Å². The van der Waals surface area contributed by atoms with Crippen LogP contribution in [0.5, 0.6) is 5.75 Å². The van der Waals surface area contributed by atoms with E-state index in [1.165, 1.54) is 7.11 Å². The summed E-state index contributed by atoms with van der Waals surface area (Å²) in [6.07, 6.45) is 1.54. The van der Waals surface area contributed by atoms with E-state index in [1.807, 2.05) is 30.3 Å². The van der Waals surface area contributed by atoms with Gasteiger partial charge in [0.1, 0.15) is 12.3 Å². The third kappa shape index (κ3) is 4.40. The molecule has 4 rings (SSSR count). The molecule has 0 bridgehead atoms. The lowest BCUT2D eigenvalue weighted by molar-refractivity contribution is -0.143. The predicted molar refractivity (Wildman–Crippen MR) is 120 cm³/mol. The summed E-state index contributed by atoms with van der Waals surface area (Å²) in [7, 11) is 1.19. The lowest BCUT2D eigenvalue weighted by atomic mass is 10.0. The van der Waals surface area contributed by atoms with Gasteiger partial charge in [0.15, 0.2) is 0 Å². The average Bonchev–Trinajstić information content (AvgIpc) is 3.07. The van der Waals surface area contributed by atoms with E-state index < -0.39 is 29.6 Å². The molecular weight excluding hydrogens is 430 g/mol. The van der Waals surface area contributed by atoms with E-state index >= 15 is 0 Å². The lowest BCUT2D eigenvalue weighted by Gasteiger charge is -2.09. The summed E-state index contributed by atoms with van der Waals surface area (Å²) in [5, 5.41) is 1.21. The van der Waals surface area contributed by atoms with E-state index in [4.69, 9.17) is 4.74 Å². The SMILES string of the molecule is COC(=O)CN1C(=O)S/C(=C\c2ccc(OC(=O)c3cccc4ccccc34)cc2)C1=O. The number of carbonyl (C=O) groups excluding carboxylic acids is 4. The highest BCUT2D eigenvalue weighted by molar-refractivity contribution is 8.18. The van der Waals surface area contributed by atoms with Gasteiger partial charge in [0.05, 0.1) is 17.6 Å². The third-order valence-corrected chi connectivity index (χ3v) is 5.69. The van der Waals surface area contributed by atoms with Crippen molar-refractivity contribution in [1.82, 2.24) is 4.90 Å². The van der Waals surface area contributed by atoms with Crippen LogP contribution < -0.4 is 4.74 Å². The number of hydrogen-bond acceptors (Lipinski definition) is 7. The first-order valence-corrected chi connectivity index (χ1v) is 10.4. The van der Waals surface area contributed by atoms with Crippen LogP contribution in [0.3, 0.4) is 0 Å². The number of methoxy groups -OCH3 is 1. The largest absolute Gasteiger partial charge is 0.468 e. The molecule has 160 valence electrons. The molecule has 0 aliphatic carbocycles. The topological polar surface area (TPSA) is 90.0 Å². The fraction of sp³-hybridized carbons (Fsp3) is 0.0833. The molecular formula is C24H17NO6S. The van der Waals surface area contributed by atoms with Crippen LogP contribution in [-0.4, -0.2) is 41.6 Å². The number of rotatable bonds is 5. The van der Waals surface area contributed by atoms with Crippen molar-refractivity contribution in [3.05, 3.63) is 82.8 Å². The molecule has 0 radical (unpaired) electrons. The Morgan fingerprint density at radius 1 is 0.969 bits per heavy atom. The zero-order valence-electron chi connectivity index (χ0n) is 16.9. The zero-order chi connectivity index (χ0) is 22.7. The Morgan fingerprint density at radius 3 is 2.44 bits per heavy atom. The molecule has 1 saturated heterocycles. The summed E-state index contributed by atoms with van der Waals surface area (Å²) >= 11 is 0.748. The van der Waals surface area contributed by atoms with Crippen LogP contribution in [0.1, 0.15) is 15.9 Å². The van der Waals surface area contributed by atoms with Crippen LogP contribution in [-0.2, 0) is 14.3 Å². The molecule has 32 heavy (non-hydrogen) atoms. The molecule has 7 nitrogen and oxygen atoms in total. The molecule has 1 aliphatic heterocycles. The quantitative estimate of drug-likeness (QED) is 0.328. The first kappa shape index (κ1) is 21.3. The lowest BCUT2D eigenvalue weighted by Crippen LogP contribution is -2.34. The first-order chi connectivity index (χ1) is 15.5. The number of ether oxygens (including phenoxy) is 2. The molecule has 0 aromatic heterocycles. The molecule has 2 amide bonds. The summed E-state index contributed by atoms with van der Waals surface area (Å²) in [5.74, 6) is -1.36. The monoisotopic (exact) mass is 447 g/mol. The predicted octanol–water partition coefficient (Wildman–Crippen LogP) is 4.27. The van der Waals surface area contributed by atoms with Crippen molar-refractivity contribution in [2.45, 2.75) is 0 Å². The highest BCUT2D eigenvalue weighted by atomic mass is 32.2. The molecule has 0 N–H and O–H groups in total. The molecule has 0 atom stereocenters. The first-order valence-electron chi connectivity index (χ1n) is 9.58. The minimum absolute atomic E-state index is 0.194. The van der Waals surface area contributed by atoms with Crippen LogP contribution >= 0.6 is 11.8 Å². The van der Waals surface area contributed by atoms with Crippen molar-refractivity contribution in [3.63, 3.8) is 0 Å². The molecule has 3 aromatic carbocycles. The number of esters is 2. The van der Waals surface area contributed by atoms with E-state index in [-0.39, 0.29) is 4.91 Å². The number of imide groups is 1. The Morgan fingerprint density at radius 2 is 1.69 bits per heavy atom. The number of fused-ring (bicyclic) bond motifs is 1. The normalized spacial score (nSPS) is 14.8. The summed E-state index contributed by atoms with van der Waals surface area (Å²) in [6.45, 7) is -0.429. The number of carbonyl (C=O) groups is 4. The van der Waals surface area contributed by atoms with E-state index in [0.717, 1.165) is 27.4 Å². The van der Waals surface area contributed by atoms with Gasteiger partial charge >= 0.3 is 11.9 Å². The second kappa shape index (κ2) is 9.07. The van der Waals surface area contributed by atoms with Crippen molar-refractivity contribution in [1.29, 1.82) is 0 Å². The Hall–Kier alpha value is -3.91. The van der Waals surface area contributed by atoms with Crippen molar-refractivity contribution >= 4 is 51.7 Å². The number of amides is 2. The van der Waals surface area contributed by atoms with Gasteiger partial charge < -0.3 is 9.47 Å². The van der Waals surface area contributed by atoms with Crippen LogP contribution in [0.4, 0.5) is 4.79 Å². The third-order valence-electron chi connectivity index (χ3n) is 4.79. The molecule has 3 aromatic rings. The Bertz CT molecular complexity index is 1260. The highest BCUT2D eigenvalue weighted by Gasteiger charge is 2.36. The average molecular weight is 447 g/mol. The van der Waals surface area contributed by atoms with E-state index in [9.17, 15) is 19.2 Å². The second-order valence-corrected chi connectivity index (χ2v) is 7.82. The summed E-state index contributed by atoms with van der Waals surface area (Å²) < 4.78 is 10.0. The maximum atomic E-state index is 12.7. The van der Waals surface area contributed by atoms with Crippen molar-refractivity contribution < 1.29 is 28.7 Å². The van der Waals surface area contributed by atoms with Gasteiger partial charge in [-0.25, -0.2) is 4.79 Å². The van der Waals surface area contributed by atoms with Crippen LogP contribution in [0.15, 0.2) is 71.6 Å². The van der Waals surface area contributed by atoms with Gasteiger partial charge in [-0.05, 0) is 52.4 Å². The summed E-state index contributed by atoms with van der Waals surface area (Å²) in [4.78, 5) is 49.5. The van der Waals surface area contributed by atoms with Crippen LogP contribution in [0.25, 0.3) is 16.8 Å². The Balaban J connectivity index is 1.48. The Labute approximate surface area is 187 Å².